The van der Waals surface area contributed by atoms with Crippen LogP contribution in [0.3, 0.4) is 0 Å². The van der Waals surface area contributed by atoms with Gasteiger partial charge in [-0.3, -0.25) is 4.57 Å². The molecule has 0 amide bonds. The Labute approximate surface area is 334 Å². The van der Waals surface area contributed by atoms with E-state index in [9.17, 15) is 0 Å². The van der Waals surface area contributed by atoms with Crippen molar-refractivity contribution < 1.29 is 0 Å². The molecule has 0 aliphatic carbocycles. The molecular formula is C54H34N4. The minimum Gasteiger partial charge on any atom is -0.309 e. The molecule has 0 unspecified atom stereocenters. The number of benzene rings is 8. The van der Waals surface area contributed by atoms with Gasteiger partial charge in [-0.1, -0.05) is 176 Å². The number of pyridine rings is 1. The number of nitrogens with zero attached hydrogens (tertiary/aromatic N) is 4. The molecule has 0 spiro atoms. The highest BCUT2D eigenvalue weighted by Crippen LogP contribution is 2.41. The van der Waals surface area contributed by atoms with E-state index in [4.69, 9.17) is 9.97 Å². The number of para-hydroxylation sites is 2. The van der Waals surface area contributed by atoms with Gasteiger partial charge in [-0.05, 0) is 51.9 Å². The molecule has 12 aromatic rings. The van der Waals surface area contributed by atoms with Crippen LogP contribution in [-0.2, 0) is 0 Å². The summed E-state index contributed by atoms with van der Waals surface area (Å²) in [7, 11) is 0. The highest BCUT2D eigenvalue weighted by atomic mass is 15.1. The number of aromatic nitrogens is 4. The quantitative estimate of drug-likeness (QED) is 0.165. The summed E-state index contributed by atoms with van der Waals surface area (Å²) in [6, 6.07) is 73.7. The van der Waals surface area contributed by atoms with Crippen LogP contribution in [0.5, 0.6) is 0 Å². The largest absolute Gasteiger partial charge is 0.309 e. The van der Waals surface area contributed by atoms with Gasteiger partial charge in [0.05, 0.1) is 33.3 Å². The Morgan fingerprint density at radius 2 is 0.776 bits per heavy atom. The van der Waals surface area contributed by atoms with Crippen LogP contribution in [0.4, 0.5) is 0 Å². The summed E-state index contributed by atoms with van der Waals surface area (Å²) in [5.41, 5.74) is 13.3. The van der Waals surface area contributed by atoms with Crippen molar-refractivity contribution in [3.05, 3.63) is 206 Å². The summed E-state index contributed by atoms with van der Waals surface area (Å²) in [6.45, 7) is 0. The minimum absolute atomic E-state index is 0.677. The minimum atomic E-state index is 0.677. The van der Waals surface area contributed by atoms with Crippen LogP contribution in [0, 0.1) is 0 Å². The molecule has 0 radical (unpaired) electrons. The standard InChI is InChI=1S/C54H34N4/c1-3-13-35(14-4-1)37-23-27-39(28-24-37)47-34-52(56-54(55-47)40-29-25-38(26-30-40)36-15-5-2-6-16-36)58-49-22-12-10-20-44(49)45-31-32-50-46(53(45)58)33-51-43-19-8-7-17-41(43)42-18-9-11-21-48(42)57(50)51/h1-34H. The first-order valence-electron chi connectivity index (χ1n) is 19.7. The van der Waals surface area contributed by atoms with Gasteiger partial charge in [0.1, 0.15) is 5.82 Å². The Kier molecular flexibility index (Phi) is 7.20. The summed E-state index contributed by atoms with van der Waals surface area (Å²) in [4.78, 5) is 10.7. The van der Waals surface area contributed by atoms with E-state index in [2.05, 4.69) is 215 Å². The Morgan fingerprint density at radius 3 is 1.43 bits per heavy atom. The molecule has 4 aromatic heterocycles. The van der Waals surface area contributed by atoms with Crippen LogP contribution >= 0.6 is 0 Å². The van der Waals surface area contributed by atoms with E-state index in [0.29, 0.717) is 5.82 Å². The van der Waals surface area contributed by atoms with Crippen LogP contribution in [0.25, 0.3) is 111 Å². The molecule has 0 aliphatic heterocycles. The molecule has 0 bridgehead atoms. The van der Waals surface area contributed by atoms with Crippen molar-refractivity contribution in [1.82, 2.24) is 18.9 Å². The van der Waals surface area contributed by atoms with Crippen LogP contribution in [0.1, 0.15) is 0 Å². The van der Waals surface area contributed by atoms with Gasteiger partial charge in [-0.15, -0.1) is 0 Å². The second-order valence-corrected chi connectivity index (χ2v) is 15.0. The van der Waals surface area contributed by atoms with Gasteiger partial charge in [0, 0.05) is 44.1 Å². The molecule has 8 aromatic carbocycles. The average Bonchev–Trinajstić information content (AvgIpc) is 3.87. The molecule has 0 atom stereocenters. The van der Waals surface area contributed by atoms with Crippen molar-refractivity contribution in [3.63, 3.8) is 0 Å². The van der Waals surface area contributed by atoms with Gasteiger partial charge in [-0.2, -0.15) is 0 Å². The fourth-order valence-corrected chi connectivity index (χ4v) is 9.01. The van der Waals surface area contributed by atoms with E-state index >= 15 is 0 Å². The first-order chi connectivity index (χ1) is 28.8. The van der Waals surface area contributed by atoms with Gasteiger partial charge in [0.15, 0.2) is 5.82 Å². The Morgan fingerprint density at radius 1 is 0.293 bits per heavy atom. The predicted octanol–water partition coefficient (Wildman–Crippen LogP) is 14.0. The lowest BCUT2D eigenvalue weighted by Crippen LogP contribution is -2.02. The molecule has 0 N–H and O–H groups in total. The van der Waals surface area contributed by atoms with Crippen LogP contribution in [-0.4, -0.2) is 18.9 Å². The third kappa shape index (κ3) is 5.02. The molecule has 12 rings (SSSR count). The number of hydrogen-bond acceptors (Lipinski definition) is 2. The van der Waals surface area contributed by atoms with E-state index in [0.717, 1.165) is 44.8 Å². The summed E-state index contributed by atoms with van der Waals surface area (Å²) in [6.07, 6.45) is 0. The smallest absolute Gasteiger partial charge is 0.162 e. The Balaban J connectivity index is 1.14. The molecule has 58 heavy (non-hydrogen) atoms. The van der Waals surface area contributed by atoms with E-state index in [1.807, 2.05) is 0 Å². The summed E-state index contributed by atoms with van der Waals surface area (Å²) < 4.78 is 4.80. The second-order valence-electron chi connectivity index (χ2n) is 15.0. The number of fused-ring (bicyclic) bond motifs is 12. The fourth-order valence-electron chi connectivity index (χ4n) is 9.01. The zero-order valence-electron chi connectivity index (χ0n) is 31.4. The molecule has 4 heteroatoms. The Hall–Kier alpha value is -7.82. The van der Waals surface area contributed by atoms with Gasteiger partial charge in [-0.25, -0.2) is 9.97 Å². The molecule has 4 heterocycles. The highest BCUT2D eigenvalue weighted by Gasteiger charge is 2.21. The monoisotopic (exact) mass is 738 g/mol. The molecule has 270 valence electrons. The third-order valence-corrected chi connectivity index (χ3v) is 11.7. The average molecular weight is 739 g/mol. The summed E-state index contributed by atoms with van der Waals surface area (Å²) in [5.74, 6) is 1.50. The normalized spacial score (nSPS) is 11.8. The molecule has 4 nitrogen and oxygen atoms in total. The second kappa shape index (κ2) is 12.9. The maximum Gasteiger partial charge on any atom is 0.162 e. The Bertz CT molecular complexity index is 3420. The van der Waals surface area contributed by atoms with Gasteiger partial charge < -0.3 is 4.40 Å². The van der Waals surface area contributed by atoms with Crippen molar-refractivity contribution in [2.45, 2.75) is 0 Å². The lowest BCUT2D eigenvalue weighted by atomic mass is 10.0. The lowest BCUT2D eigenvalue weighted by Gasteiger charge is -2.13. The van der Waals surface area contributed by atoms with Crippen LogP contribution < -0.4 is 0 Å². The first kappa shape index (κ1) is 32.4. The molecule has 0 fully saturated rings. The fraction of sp³-hybridized carbons (Fsp3) is 0. The van der Waals surface area contributed by atoms with E-state index < -0.39 is 0 Å². The maximum absolute atomic E-state index is 5.45. The van der Waals surface area contributed by atoms with Gasteiger partial charge >= 0.3 is 0 Å². The maximum atomic E-state index is 5.45. The highest BCUT2D eigenvalue weighted by molar-refractivity contribution is 6.22. The zero-order valence-corrected chi connectivity index (χ0v) is 31.4. The summed E-state index contributed by atoms with van der Waals surface area (Å²) >= 11 is 0. The van der Waals surface area contributed by atoms with Crippen molar-refractivity contribution in [2.24, 2.45) is 0 Å². The molecule has 0 aliphatic rings. The van der Waals surface area contributed by atoms with Gasteiger partial charge in [0.25, 0.3) is 0 Å². The zero-order chi connectivity index (χ0) is 38.2. The van der Waals surface area contributed by atoms with Crippen LogP contribution in [0.2, 0.25) is 0 Å². The molecular weight excluding hydrogens is 705 g/mol. The van der Waals surface area contributed by atoms with Crippen molar-refractivity contribution in [3.8, 4) is 50.7 Å². The van der Waals surface area contributed by atoms with Crippen molar-refractivity contribution >= 4 is 59.9 Å². The predicted molar refractivity (Wildman–Crippen MR) is 242 cm³/mol. The number of rotatable bonds is 5. The first-order valence-corrected chi connectivity index (χ1v) is 19.7. The third-order valence-electron chi connectivity index (χ3n) is 11.7. The van der Waals surface area contributed by atoms with E-state index in [1.54, 1.807) is 0 Å². The topological polar surface area (TPSA) is 35.1 Å². The number of hydrogen-bond donors (Lipinski definition) is 0. The molecule has 0 saturated carbocycles. The van der Waals surface area contributed by atoms with E-state index in [1.165, 1.54) is 60.0 Å². The van der Waals surface area contributed by atoms with Crippen molar-refractivity contribution in [2.75, 3.05) is 0 Å². The van der Waals surface area contributed by atoms with E-state index in [-0.39, 0.29) is 0 Å². The SMILES string of the molecule is c1ccc(-c2ccc(-c3cc(-n4c5ccccc5c5ccc6c(cc7c8ccccc8c8ccccc8n76)c54)nc(-c4ccc(-c5ccccc5)cc4)n3)cc2)cc1. The van der Waals surface area contributed by atoms with Crippen LogP contribution in [0.15, 0.2) is 206 Å². The summed E-state index contributed by atoms with van der Waals surface area (Å²) in [5, 5.41) is 7.28. The van der Waals surface area contributed by atoms with Crippen molar-refractivity contribution in [1.29, 1.82) is 0 Å². The van der Waals surface area contributed by atoms with Gasteiger partial charge in [0.2, 0.25) is 0 Å². The lowest BCUT2D eigenvalue weighted by molar-refractivity contribution is 1.05. The molecule has 0 saturated heterocycles.